The number of piperidine rings is 1. The molecule has 6 nitrogen and oxygen atoms in total. The largest absolute Gasteiger partial charge is 0.456 e. The molecule has 1 atom stereocenters. The molecule has 1 aliphatic rings. The van der Waals surface area contributed by atoms with Gasteiger partial charge in [-0.2, -0.15) is 0 Å². The fourth-order valence-electron chi connectivity index (χ4n) is 3.50. The molecule has 1 amide bonds. The lowest BCUT2D eigenvalue weighted by molar-refractivity contribution is -0.153. The van der Waals surface area contributed by atoms with Crippen LogP contribution in [-0.2, 0) is 20.7 Å². The van der Waals surface area contributed by atoms with Gasteiger partial charge in [0.15, 0.2) is 18.3 Å². The number of nitrogens with zero attached hydrogens (tertiary/aromatic N) is 2. The van der Waals surface area contributed by atoms with E-state index in [0.29, 0.717) is 6.54 Å². The highest BCUT2D eigenvalue weighted by molar-refractivity contribution is 5.81. The van der Waals surface area contributed by atoms with Gasteiger partial charge >= 0.3 is 5.97 Å². The average Bonchev–Trinajstić information content (AvgIpc) is 3.19. The fraction of sp³-hybridized carbons (Fsp3) is 0.476. The van der Waals surface area contributed by atoms with Crippen LogP contribution in [0.4, 0.5) is 8.78 Å². The summed E-state index contributed by atoms with van der Waals surface area (Å²) in [5.74, 6) is -1.76. The summed E-state index contributed by atoms with van der Waals surface area (Å²) in [6.07, 6.45) is 5.41. The van der Waals surface area contributed by atoms with Gasteiger partial charge < -0.3 is 14.1 Å². The molecule has 0 bridgehead atoms. The first-order valence-electron chi connectivity index (χ1n) is 9.83. The quantitative estimate of drug-likeness (QED) is 0.653. The van der Waals surface area contributed by atoms with E-state index in [1.165, 1.54) is 12.3 Å². The Morgan fingerprint density at radius 3 is 2.90 bits per heavy atom. The normalized spacial score (nSPS) is 16.7. The Morgan fingerprint density at radius 1 is 1.31 bits per heavy atom. The van der Waals surface area contributed by atoms with E-state index in [4.69, 9.17) is 9.15 Å². The fourth-order valence-corrected chi connectivity index (χ4v) is 3.50. The van der Waals surface area contributed by atoms with E-state index >= 15 is 0 Å². The maximum Gasteiger partial charge on any atom is 0.306 e. The molecule has 1 aromatic carbocycles. The lowest BCUT2D eigenvalue weighted by atomic mass is 10.00. The first kappa shape index (κ1) is 21.0. The van der Waals surface area contributed by atoms with Crippen molar-refractivity contribution in [3.8, 4) is 11.3 Å². The molecular formula is C21H24F2N2O4. The van der Waals surface area contributed by atoms with E-state index in [1.54, 1.807) is 4.90 Å². The van der Waals surface area contributed by atoms with Gasteiger partial charge in [0.2, 0.25) is 0 Å². The number of esters is 1. The molecule has 0 saturated carbocycles. The number of aromatic nitrogens is 1. The van der Waals surface area contributed by atoms with Crippen molar-refractivity contribution < 1.29 is 27.5 Å². The van der Waals surface area contributed by atoms with Crippen molar-refractivity contribution in [3.05, 3.63) is 41.9 Å². The zero-order valence-corrected chi connectivity index (χ0v) is 16.3. The van der Waals surface area contributed by atoms with Crippen LogP contribution in [0.15, 0.2) is 28.8 Å². The van der Waals surface area contributed by atoms with Crippen LogP contribution in [-0.4, -0.2) is 41.0 Å². The van der Waals surface area contributed by atoms with E-state index in [9.17, 15) is 18.4 Å². The number of benzene rings is 1. The summed E-state index contributed by atoms with van der Waals surface area (Å²) >= 11 is 0. The maximum absolute atomic E-state index is 13.8. The third-order valence-electron chi connectivity index (χ3n) is 5.07. The summed E-state index contributed by atoms with van der Waals surface area (Å²) < 4.78 is 37.3. The topological polar surface area (TPSA) is 72.6 Å². The number of aryl methyl sites for hydroxylation is 1. The van der Waals surface area contributed by atoms with Gasteiger partial charge in [-0.15, -0.1) is 0 Å². The van der Waals surface area contributed by atoms with Gasteiger partial charge in [-0.25, -0.2) is 13.8 Å². The Bertz CT molecular complexity index is 868. The summed E-state index contributed by atoms with van der Waals surface area (Å²) in [7, 11) is 0. The highest BCUT2D eigenvalue weighted by Crippen LogP contribution is 2.24. The number of carbonyl (C=O) groups excluding carboxylic acids is 2. The van der Waals surface area contributed by atoms with Crippen molar-refractivity contribution in [2.75, 3.05) is 13.2 Å². The Kier molecular flexibility index (Phi) is 6.95. The molecule has 0 aliphatic carbocycles. The van der Waals surface area contributed by atoms with E-state index in [0.717, 1.165) is 37.8 Å². The predicted molar refractivity (Wildman–Crippen MR) is 101 cm³/mol. The minimum absolute atomic E-state index is 0.0175. The molecule has 8 heteroatoms. The van der Waals surface area contributed by atoms with Gasteiger partial charge in [0.25, 0.3) is 5.91 Å². The van der Waals surface area contributed by atoms with E-state index in [1.807, 2.05) is 6.92 Å². The third kappa shape index (κ3) is 5.40. The minimum Gasteiger partial charge on any atom is -0.456 e. The van der Waals surface area contributed by atoms with Gasteiger partial charge in [0.05, 0.1) is 18.2 Å². The van der Waals surface area contributed by atoms with Gasteiger partial charge in [-0.1, -0.05) is 6.92 Å². The summed E-state index contributed by atoms with van der Waals surface area (Å²) in [4.78, 5) is 30.1. The van der Waals surface area contributed by atoms with Crippen molar-refractivity contribution in [2.24, 2.45) is 0 Å². The van der Waals surface area contributed by atoms with Gasteiger partial charge in [0, 0.05) is 25.1 Å². The number of rotatable bonds is 7. The number of carbonyl (C=O) groups is 2. The van der Waals surface area contributed by atoms with Crippen molar-refractivity contribution in [2.45, 2.75) is 51.5 Å². The molecule has 29 heavy (non-hydrogen) atoms. The summed E-state index contributed by atoms with van der Waals surface area (Å²) in [5, 5.41) is 0. The number of hydrogen-bond acceptors (Lipinski definition) is 5. The van der Waals surface area contributed by atoms with Crippen molar-refractivity contribution in [3.63, 3.8) is 0 Å². The molecule has 0 N–H and O–H groups in total. The first-order valence-corrected chi connectivity index (χ1v) is 9.83. The molecule has 1 fully saturated rings. The molecule has 2 aromatic rings. The number of hydrogen-bond donors (Lipinski definition) is 0. The summed E-state index contributed by atoms with van der Waals surface area (Å²) in [6, 6.07) is 3.36. The summed E-state index contributed by atoms with van der Waals surface area (Å²) in [5.41, 5.74) is 0.0883. The standard InChI is InChI=1S/C21H24F2N2O4/c1-2-15-5-3-4-10-25(15)20(26)13-28-21(27)9-8-19-24-12-18(29-19)16-7-6-14(22)11-17(16)23/h6-7,11-12,15H,2-5,8-10,13H2,1H3. The second kappa shape index (κ2) is 9.62. The molecule has 1 aromatic heterocycles. The number of halogens is 2. The SMILES string of the molecule is CCC1CCCCN1C(=O)COC(=O)CCc1ncc(-c2ccc(F)cc2F)o1. The summed E-state index contributed by atoms with van der Waals surface area (Å²) in [6.45, 7) is 2.48. The second-order valence-electron chi connectivity index (χ2n) is 7.05. The van der Waals surface area contributed by atoms with Crippen LogP contribution in [0.2, 0.25) is 0 Å². The molecule has 0 radical (unpaired) electrons. The van der Waals surface area contributed by atoms with E-state index < -0.39 is 17.6 Å². The van der Waals surface area contributed by atoms with E-state index in [2.05, 4.69) is 4.98 Å². The molecular weight excluding hydrogens is 382 g/mol. The van der Waals surface area contributed by atoms with Crippen molar-refractivity contribution in [1.82, 2.24) is 9.88 Å². The Hall–Kier alpha value is -2.77. The highest BCUT2D eigenvalue weighted by Gasteiger charge is 2.26. The lowest BCUT2D eigenvalue weighted by Gasteiger charge is -2.35. The van der Waals surface area contributed by atoms with Gasteiger partial charge in [-0.3, -0.25) is 9.59 Å². The molecule has 156 valence electrons. The zero-order chi connectivity index (χ0) is 20.8. The third-order valence-corrected chi connectivity index (χ3v) is 5.07. The Morgan fingerprint density at radius 2 is 2.14 bits per heavy atom. The average molecular weight is 406 g/mol. The van der Waals surface area contributed by atoms with Crippen LogP contribution in [0.3, 0.4) is 0 Å². The Balaban J connectivity index is 1.47. The highest BCUT2D eigenvalue weighted by atomic mass is 19.1. The number of ether oxygens (including phenoxy) is 1. The van der Waals surface area contributed by atoms with Crippen LogP contribution in [0.25, 0.3) is 11.3 Å². The number of likely N-dealkylation sites (tertiary alicyclic amines) is 1. The lowest BCUT2D eigenvalue weighted by Crippen LogP contribution is -2.45. The van der Waals surface area contributed by atoms with Crippen molar-refractivity contribution >= 4 is 11.9 Å². The van der Waals surface area contributed by atoms with Gasteiger partial charge in [-0.05, 0) is 37.8 Å². The molecule has 1 aliphatic heterocycles. The van der Waals surface area contributed by atoms with Crippen LogP contribution >= 0.6 is 0 Å². The van der Waals surface area contributed by atoms with Crippen LogP contribution in [0.5, 0.6) is 0 Å². The van der Waals surface area contributed by atoms with Gasteiger partial charge in [0.1, 0.15) is 11.6 Å². The first-order chi connectivity index (χ1) is 14.0. The zero-order valence-electron chi connectivity index (χ0n) is 16.3. The predicted octanol–water partition coefficient (Wildman–Crippen LogP) is 3.89. The van der Waals surface area contributed by atoms with Crippen LogP contribution in [0, 0.1) is 11.6 Å². The molecule has 3 rings (SSSR count). The molecule has 1 saturated heterocycles. The molecule has 1 unspecified atom stereocenters. The van der Waals surface area contributed by atoms with Crippen LogP contribution in [0.1, 0.15) is 44.9 Å². The van der Waals surface area contributed by atoms with E-state index in [-0.39, 0.29) is 48.6 Å². The minimum atomic E-state index is -0.756. The number of oxazole rings is 1. The maximum atomic E-state index is 13.8. The molecule has 2 heterocycles. The second-order valence-corrected chi connectivity index (χ2v) is 7.05. The number of amides is 1. The molecule has 0 spiro atoms. The monoisotopic (exact) mass is 406 g/mol. The van der Waals surface area contributed by atoms with Crippen LogP contribution < -0.4 is 0 Å². The smallest absolute Gasteiger partial charge is 0.306 e. The van der Waals surface area contributed by atoms with Crippen molar-refractivity contribution in [1.29, 1.82) is 0 Å². The Labute approximate surface area is 167 Å².